The monoisotopic (exact) mass is 486 g/mol. The summed E-state index contributed by atoms with van der Waals surface area (Å²) in [7, 11) is 0. The maximum absolute atomic E-state index is 4.53. The van der Waals surface area contributed by atoms with Gasteiger partial charge in [0.15, 0.2) is 0 Å². The molecule has 6 rings (SSSR count). The molecule has 0 spiro atoms. The molecule has 0 saturated heterocycles. The first-order valence-corrected chi connectivity index (χ1v) is 14.6. The van der Waals surface area contributed by atoms with Crippen LogP contribution in [0.4, 0.5) is 0 Å². The average molecular weight is 487 g/mol. The van der Waals surface area contributed by atoms with E-state index in [4.69, 9.17) is 0 Å². The fraction of sp³-hybridized carbons (Fsp3) is 0.405. The largest absolute Gasteiger partial charge is 0.0952 e. The summed E-state index contributed by atoms with van der Waals surface area (Å²) in [4.78, 5) is 0. The molecule has 1 saturated carbocycles. The molecule has 4 aliphatic carbocycles. The van der Waals surface area contributed by atoms with E-state index in [9.17, 15) is 0 Å². The zero-order valence-electron chi connectivity index (χ0n) is 23.2. The molecule has 0 aliphatic heterocycles. The number of benzene rings is 2. The second-order valence-corrected chi connectivity index (χ2v) is 12.7. The molecule has 190 valence electrons. The lowest BCUT2D eigenvalue weighted by Gasteiger charge is -2.22. The lowest BCUT2D eigenvalue weighted by Crippen LogP contribution is -2.07. The third-order valence-corrected chi connectivity index (χ3v) is 9.20. The molecule has 0 aromatic heterocycles. The minimum absolute atomic E-state index is 0.400. The van der Waals surface area contributed by atoms with Crippen molar-refractivity contribution in [1.82, 2.24) is 0 Å². The van der Waals surface area contributed by atoms with Crippen molar-refractivity contribution < 1.29 is 0 Å². The Morgan fingerprint density at radius 3 is 2.65 bits per heavy atom. The van der Waals surface area contributed by atoms with E-state index >= 15 is 0 Å². The van der Waals surface area contributed by atoms with Crippen LogP contribution in [0.3, 0.4) is 0 Å². The standard InChI is InChI=1S/C37H42/c1-23(2)18-31-22-27(9-15-32(31)28-10-6-24(3)19-28)21-30-12-17-35(36-14-8-26(5)37(30)36)34-16-11-29-20-25(4)7-13-33(29)34/h7,9,11-13,15-17,20,22-24,28,33H,5-6,8,10,14,18-19,21H2,1-4H3/t24-,28+,33?/m0/s1. The van der Waals surface area contributed by atoms with Gasteiger partial charge in [0, 0.05) is 5.92 Å². The van der Waals surface area contributed by atoms with Crippen LogP contribution >= 0.6 is 0 Å². The Kier molecular flexibility index (Phi) is 6.47. The van der Waals surface area contributed by atoms with Gasteiger partial charge in [0.1, 0.15) is 0 Å². The van der Waals surface area contributed by atoms with Crippen LogP contribution in [-0.2, 0) is 19.3 Å². The molecule has 0 heterocycles. The van der Waals surface area contributed by atoms with Crippen molar-refractivity contribution in [3.05, 3.63) is 117 Å². The molecule has 3 atom stereocenters. The van der Waals surface area contributed by atoms with Gasteiger partial charge >= 0.3 is 0 Å². The zero-order valence-corrected chi connectivity index (χ0v) is 23.2. The van der Waals surface area contributed by atoms with Gasteiger partial charge in [0.25, 0.3) is 0 Å². The molecule has 0 bridgehead atoms. The predicted octanol–water partition coefficient (Wildman–Crippen LogP) is 9.79. The molecule has 0 amide bonds. The minimum atomic E-state index is 0.400. The van der Waals surface area contributed by atoms with Gasteiger partial charge in [-0.3, -0.25) is 0 Å². The van der Waals surface area contributed by atoms with Crippen LogP contribution in [0.2, 0.25) is 0 Å². The highest BCUT2D eigenvalue weighted by atomic mass is 14.3. The van der Waals surface area contributed by atoms with E-state index < -0.39 is 0 Å². The second kappa shape index (κ2) is 9.79. The quantitative estimate of drug-likeness (QED) is 0.381. The number of allylic oxidation sites excluding steroid dienone is 9. The first-order chi connectivity index (χ1) is 17.9. The van der Waals surface area contributed by atoms with Gasteiger partial charge in [0.2, 0.25) is 0 Å². The molecule has 0 heteroatoms. The zero-order chi connectivity index (χ0) is 25.7. The molecule has 0 nitrogen and oxygen atoms in total. The van der Waals surface area contributed by atoms with Crippen molar-refractivity contribution in [2.24, 2.45) is 17.8 Å². The van der Waals surface area contributed by atoms with Gasteiger partial charge in [-0.15, -0.1) is 0 Å². The first kappa shape index (κ1) is 24.5. The third kappa shape index (κ3) is 4.65. The molecule has 37 heavy (non-hydrogen) atoms. The summed E-state index contributed by atoms with van der Waals surface area (Å²) >= 11 is 0. The Balaban J connectivity index is 1.32. The number of rotatable bonds is 6. The van der Waals surface area contributed by atoms with Crippen LogP contribution in [0, 0.1) is 17.8 Å². The normalized spacial score (nSPS) is 24.3. The van der Waals surface area contributed by atoms with Gasteiger partial charge in [0.05, 0.1) is 0 Å². The van der Waals surface area contributed by atoms with Gasteiger partial charge in [-0.05, 0) is 119 Å². The molecular formula is C37H42. The van der Waals surface area contributed by atoms with Gasteiger partial charge < -0.3 is 0 Å². The Morgan fingerprint density at radius 1 is 1.00 bits per heavy atom. The van der Waals surface area contributed by atoms with Crippen LogP contribution in [0.5, 0.6) is 0 Å². The van der Waals surface area contributed by atoms with Crippen LogP contribution in [0.25, 0.3) is 11.1 Å². The van der Waals surface area contributed by atoms with E-state index in [-0.39, 0.29) is 0 Å². The Morgan fingerprint density at radius 2 is 1.86 bits per heavy atom. The van der Waals surface area contributed by atoms with Crippen molar-refractivity contribution >= 4 is 11.1 Å². The van der Waals surface area contributed by atoms with E-state index in [1.165, 1.54) is 75.8 Å². The minimum Gasteiger partial charge on any atom is -0.0952 e. The summed E-state index contributed by atoms with van der Waals surface area (Å²) < 4.78 is 0. The van der Waals surface area contributed by atoms with E-state index in [1.807, 2.05) is 0 Å². The van der Waals surface area contributed by atoms with Gasteiger partial charge in [-0.1, -0.05) is 100 Å². The predicted molar refractivity (Wildman–Crippen MR) is 160 cm³/mol. The maximum Gasteiger partial charge on any atom is 0.0278 e. The fourth-order valence-electron chi connectivity index (χ4n) is 7.45. The molecule has 2 aromatic carbocycles. The van der Waals surface area contributed by atoms with Crippen molar-refractivity contribution in [3.63, 3.8) is 0 Å². The Hall–Kier alpha value is -2.86. The fourth-order valence-corrected chi connectivity index (χ4v) is 7.45. The smallest absolute Gasteiger partial charge is 0.0278 e. The SMILES string of the molecule is C=C1CCc2c(C3=CC=C4C=C(C)C=CC43)ccc(Cc3ccc([C@@H]4CC[C@H](C)C4)c(CC(C)C)c3)c21. The van der Waals surface area contributed by atoms with Crippen molar-refractivity contribution in [2.75, 3.05) is 0 Å². The second-order valence-electron chi connectivity index (χ2n) is 12.7. The van der Waals surface area contributed by atoms with E-state index in [1.54, 1.807) is 11.1 Å². The molecular weight excluding hydrogens is 444 g/mol. The number of hydrogen-bond donors (Lipinski definition) is 0. The van der Waals surface area contributed by atoms with Gasteiger partial charge in [-0.2, -0.15) is 0 Å². The summed E-state index contributed by atoms with van der Waals surface area (Å²) in [6.45, 7) is 13.9. The van der Waals surface area contributed by atoms with Gasteiger partial charge in [-0.25, -0.2) is 0 Å². The van der Waals surface area contributed by atoms with Crippen LogP contribution in [0.1, 0.15) is 98.2 Å². The van der Waals surface area contributed by atoms with E-state index in [0.717, 1.165) is 31.1 Å². The lowest BCUT2D eigenvalue weighted by atomic mass is 9.82. The van der Waals surface area contributed by atoms with E-state index in [0.29, 0.717) is 11.8 Å². The maximum atomic E-state index is 4.53. The summed E-state index contributed by atoms with van der Waals surface area (Å²) in [5.41, 5.74) is 16.1. The average Bonchev–Trinajstić information content (AvgIpc) is 3.58. The number of hydrogen-bond acceptors (Lipinski definition) is 0. The molecule has 4 aliphatic rings. The van der Waals surface area contributed by atoms with E-state index in [2.05, 4.69) is 95.0 Å². The summed E-state index contributed by atoms with van der Waals surface area (Å²) in [5.74, 6) is 2.71. The Labute approximate surface area is 224 Å². The highest BCUT2D eigenvalue weighted by molar-refractivity contribution is 5.85. The third-order valence-electron chi connectivity index (χ3n) is 9.20. The molecule has 0 radical (unpaired) electrons. The Bertz CT molecular complexity index is 1370. The van der Waals surface area contributed by atoms with Crippen LogP contribution in [-0.4, -0.2) is 0 Å². The summed E-state index contributed by atoms with van der Waals surface area (Å²) in [6.07, 6.45) is 20.2. The summed E-state index contributed by atoms with van der Waals surface area (Å²) in [5, 5.41) is 0. The van der Waals surface area contributed by atoms with Crippen LogP contribution < -0.4 is 0 Å². The number of fused-ring (bicyclic) bond motifs is 2. The molecule has 1 fully saturated rings. The first-order valence-electron chi connectivity index (χ1n) is 14.6. The van der Waals surface area contributed by atoms with Crippen LogP contribution in [0.15, 0.2) is 78.4 Å². The van der Waals surface area contributed by atoms with Crippen molar-refractivity contribution in [3.8, 4) is 0 Å². The van der Waals surface area contributed by atoms with Crippen molar-refractivity contribution in [1.29, 1.82) is 0 Å². The molecule has 1 unspecified atom stereocenters. The highest BCUT2D eigenvalue weighted by Gasteiger charge is 2.29. The lowest BCUT2D eigenvalue weighted by molar-refractivity contribution is 0.589. The summed E-state index contributed by atoms with van der Waals surface area (Å²) in [6, 6.07) is 12.3. The van der Waals surface area contributed by atoms with Crippen molar-refractivity contribution in [2.45, 2.75) is 78.6 Å². The highest BCUT2D eigenvalue weighted by Crippen LogP contribution is 2.45. The molecule has 2 aromatic rings. The topological polar surface area (TPSA) is 0 Å². The molecule has 0 N–H and O–H groups in total.